The van der Waals surface area contributed by atoms with Crippen molar-refractivity contribution < 1.29 is 19.1 Å². The number of hydrogen-bond acceptors (Lipinski definition) is 4. The first-order valence-corrected chi connectivity index (χ1v) is 11.6. The number of imidazole rings is 1. The molecule has 2 heterocycles. The first kappa shape index (κ1) is 23.4. The molecule has 0 aliphatic carbocycles. The number of aryl methyl sites for hydroxylation is 2. The highest BCUT2D eigenvalue weighted by molar-refractivity contribution is 5.66. The first-order chi connectivity index (χ1) is 16.5. The van der Waals surface area contributed by atoms with Crippen LogP contribution in [0.3, 0.4) is 0 Å². The minimum absolute atomic E-state index is 0.210. The number of furan rings is 1. The van der Waals surface area contributed by atoms with E-state index in [-0.39, 0.29) is 6.42 Å². The maximum Gasteiger partial charge on any atom is 0.303 e. The number of benzene rings is 2. The number of aliphatic carboxylic acids is 1. The smallest absolute Gasteiger partial charge is 0.303 e. The van der Waals surface area contributed by atoms with Gasteiger partial charge in [0.2, 0.25) is 0 Å². The van der Waals surface area contributed by atoms with E-state index in [0.717, 1.165) is 58.3 Å². The third-order valence-electron chi connectivity index (χ3n) is 5.67. The van der Waals surface area contributed by atoms with Crippen LogP contribution < -0.4 is 4.74 Å². The van der Waals surface area contributed by atoms with Crippen LogP contribution in [0.4, 0.5) is 0 Å². The lowest BCUT2D eigenvalue weighted by atomic mass is 10.1. The molecule has 2 aromatic heterocycles. The second-order valence-corrected chi connectivity index (χ2v) is 8.48. The van der Waals surface area contributed by atoms with Gasteiger partial charge in [-0.25, -0.2) is 4.98 Å². The number of ether oxygens (including phenoxy) is 1. The number of nitrogens with zero attached hydrogens (tertiary/aromatic N) is 2. The first-order valence-electron chi connectivity index (χ1n) is 11.6. The van der Waals surface area contributed by atoms with Crippen LogP contribution in [-0.4, -0.2) is 27.2 Å². The molecule has 0 amide bonds. The Labute approximate surface area is 199 Å². The monoisotopic (exact) mass is 458 g/mol. The molecule has 0 saturated carbocycles. The van der Waals surface area contributed by atoms with Gasteiger partial charge in [0, 0.05) is 29.3 Å². The van der Waals surface area contributed by atoms with E-state index in [1.165, 1.54) is 0 Å². The van der Waals surface area contributed by atoms with Gasteiger partial charge in [-0.15, -0.1) is 0 Å². The van der Waals surface area contributed by atoms with E-state index in [0.29, 0.717) is 19.6 Å². The Morgan fingerprint density at radius 2 is 1.74 bits per heavy atom. The number of hydrogen-bond donors (Lipinski definition) is 1. The van der Waals surface area contributed by atoms with Crippen LogP contribution in [0, 0.1) is 13.8 Å². The molecule has 0 spiro atoms. The Kier molecular flexibility index (Phi) is 7.48. The van der Waals surface area contributed by atoms with Crippen LogP contribution in [-0.2, 0) is 11.3 Å². The zero-order chi connectivity index (χ0) is 23.9. The van der Waals surface area contributed by atoms with Crippen molar-refractivity contribution in [2.45, 2.75) is 46.1 Å². The Morgan fingerprint density at radius 3 is 2.47 bits per heavy atom. The molecule has 6 heteroatoms. The fourth-order valence-electron chi connectivity index (χ4n) is 3.97. The molecule has 1 N–H and O–H groups in total. The Balaban J connectivity index is 1.46. The van der Waals surface area contributed by atoms with Crippen molar-refractivity contribution in [2.24, 2.45) is 0 Å². The lowest BCUT2D eigenvalue weighted by Crippen LogP contribution is -2.05. The van der Waals surface area contributed by atoms with Crippen LogP contribution in [0.25, 0.3) is 22.7 Å². The van der Waals surface area contributed by atoms with Crippen molar-refractivity contribution in [3.05, 3.63) is 83.9 Å². The number of carboxylic acids is 1. The highest BCUT2D eigenvalue weighted by Gasteiger charge is 2.12. The molecular weight excluding hydrogens is 428 g/mol. The third kappa shape index (κ3) is 5.95. The normalized spacial score (nSPS) is 11.0. The highest BCUT2D eigenvalue weighted by Crippen LogP contribution is 2.28. The maximum atomic E-state index is 10.6. The standard InChI is InChI=1S/C28H30N2O4/c1-20-18-30(19-24-8-5-6-9-25(24)33-17-7-3-4-10-27(31)32)28(29-20)23-14-12-22(13-15-23)26-16-11-21(2)34-26/h5-6,8-9,11-16,18H,3-4,7,10,17,19H2,1-2H3,(H,31,32). The molecule has 176 valence electrons. The minimum Gasteiger partial charge on any atom is -0.493 e. The van der Waals surface area contributed by atoms with Gasteiger partial charge in [0.15, 0.2) is 0 Å². The Morgan fingerprint density at radius 1 is 0.971 bits per heavy atom. The van der Waals surface area contributed by atoms with Crippen molar-refractivity contribution in [2.75, 3.05) is 6.61 Å². The molecule has 2 aromatic carbocycles. The van der Waals surface area contributed by atoms with Gasteiger partial charge in [-0.3, -0.25) is 4.79 Å². The average molecular weight is 459 g/mol. The Hall–Kier alpha value is -3.80. The van der Waals surface area contributed by atoms with Crippen LogP contribution in [0.5, 0.6) is 5.75 Å². The van der Waals surface area contributed by atoms with Gasteiger partial charge in [0.25, 0.3) is 0 Å². The van der Waals surface area contributed by atoms with Gasteiger partial charge >= 0.3 is 5.97 Å². The second-order valence-electron chi connectivity index (χ2n) is 8.48. The predicted molar refractivity (Wildman–Crippen MR) is 132 cm³/mol. The minimum atomic E-state index is -0.747. The van der Waals surface area contributed by atoms with E-state index < -0.39 is 5.97 Å². The number of rotatable bonds is 11. The van der Waals surface area contributed by atoms with Crippen molar-refractivity contribution in [3.8, 4) is 28.5 Å². The molecule has 4 aromatic rings. The molecule has 0 bridgehead atoms. The van der Waals surface area contributed by atoms with Gasteiger partial charge in [-0.05, 0) is 51.3 Å². The number of aromatic nitrogens is 2. The van der Waals surface area contributed by atoms with Gasteiger partial charge < -0.3 is 18.8 Å². The molecule has 0 saturated heterocycles. The van der Waals surface area contributed by atoms with E-state index in [1.54, 1.807) is 0 Å². The summed E-state index contributed by atoms with van der Waals surface area (Å²) in [7, 11) is 0. The van der Waals surface area contributed by atoms with E-state index >= 15 is 0 Å². The predicted octanol–water partition coefficient (Wildman–Crippen LogP) is 6.50. The third-order valence-corrected chi connectivity index (χ3v) is 5.67. The van der Waals surface area contributed by atoms with Crippen LogP contribution >= 0.6 is 0 Å². The summed E-state index contributed by atoms with van der Waals surface area (Å²) in [6.07, 6.45) is 4.62. The van der Waals surface area contributed by atoms with E-state index in [4.69, 9.17) is 19.2 Å². The van der Waals surface area contributed by atoms with Gasteiger partial charge in [-0.2, -0.15) is 0 Å². The second kappa shape index (κ2) is 10.9. The zero-order valence-corrected chi connectivity index (χ0v) is 19.7. The topological polar surface area (TPSA) is 77.5 Å². The molecule has 0 atom stereocenters. The van der Waals surface area contributed by atoms with Crippen LogP contribution in [0.2, 0.25) is 0 Å². The lowest BCUT2D eigenvalue weighted by Gasteiger charge is -2.14. The zero-order valence-electron chi connectivity index (χ0n) is 19.7. The molecule has 34 heavy (non-hydrogen) atoms. The largest absolute Gasteiger partial charge is 0.493 e. The summed E-state index contributed by atoms with van der Waals surface area (Å²) < 4.78 is 13.9. The van der Waals surface area contributed by atoms with E-state index in [2.05, 4.69) is 41.1 Å². The number of carboxylic acid groups (broad SMARTS) is 1. The van der Waals surface area contributed by atoms with Crippen molar-refractivity contribution in [1.29, 1.82) is 0 Å². The van der Waals surface area contributed by atoms with Crippen LogP contribution in [0.15, 0.2) is 71.3 Å². The molecule has 0 aliphatic rings. The fourth-order valence-corrected chi connectivity index (χ4v) is 3.97. The summed E-state index contributed by atoms with van der Waals surface area (Å²) in [5.74, 6) is 2.76. The average Bonchev–Trinajstić information content (AvgIpc) is 3.42. The summed E-state index contributed by atoms with van der Waals surface area (Å²) >= 11 is 0. The van der Waals surface area contributed by atoms with Gasteiger partial charge in [0.05, 0.1) is 18.8 Å². The lowest BCUT2D eigenvalue weighted by molar-refractivity contribution is -0.137. The summed E-state index contributed by atoms with van der Waals surface area (Å²) in [6.45, 7) is 5.16. The summed E-state index contributed by atoms with van der Waals surface area (Å²) in [5.41, 5.74) is 4.11. The highest BCUT2D eigenvalue weighted by atomic mass is 16.5. The molecular formula is C28H30N2O4. The van der Waals surface area contributed by atoms with Gasteiger partial charge in [0.1, 0.15) is 23.1 Å². The van der Waals surface area contributed by atoms with Gasteiger partial charge in [-0.1, -0.05) is 42.5 Å². The van der Waals surface area contributed by atoms with Crippen molar-refractivity contribution in [1.82, 2.24) is 9.55 Å². The quantitative estimate of drug-likeness (QED) is 0.260. The number of carbonyl (C=O) groups is 1. The molecule has 0 radical (unpaired) electrons. The molecule has 4 rings (SSSR count). The molecule has 6 nitrogen and oxygen atoms in total. The summed E-state index contributed by atoms with van der Waals surface area (Å²) in [5, 5.41) is 8.75. The summed E-state index contributed by atoms with van der Waals surface area (Å²) in [6, 6.07) is 20.3. The van der Waals surface area contributed by atoms with Crippen LogP contribution in [0.1, 0.15) is 42.7 Å². The van der Waals surface area contributed by atoms with Crippen molar-refractivity contribution in [3.63, 3.8) is 0 Å². The molecule has 0 aliphatic heterocycles. The SMILES string of the molecule is Cc1cn(Cc2ccccc2OCCCCCC(=O)O)c(-c2ccc(-c3ccc(C)o3)cc2)n1. The fraction of sp³-hybridized carbons (Fsp3) is 0.286. The number of para-hydroxylation sites is 1. The summed E-state index contributed by atoms with van der Waals surface area (Å²) in [4.78, 5) is 15.4. The van der Waals surface area contributed by atoms with Crippen molar-refractivity contribution >= 4 is 5.97 Å². The number of unbranched alkanes of at least 4 members (excludes halogenated alkanes) is 2. The Bertz CT molecular complexity index is 1240. The molecule has 0 fully saturated rings. The maximum absolute atomic E-state index is 10.6. The molecule has 0 unspecified atom stereocenters. The van der Waals surface area contributed by atoms with E-state index in [9.17, 15) is 4.79 Å². The van der Waals surface area contributed by atoms with E-state index in [1.807, 2.05) is 44.2 Å².